The molecule has 0 bridgehead atoms. The van der Waals surface area contributed by atoms with E-state index in [1.54, 1.807) is 6.07 Å². The first kappa shape index (κ1) is 17.0. The number of hydrogen-bond donors (Lipinski definition) is 2. The van der Waals surface area contributed by atoms with Crippen LogP contribution in [0.25, 0.3) is 0 Å². The summed E-state index contributed by atoms with van der Waals surface area (Å²) in [5, 5.41) is 7.29. The molecule has 0 aromatic heterocycles. The zero-order valence-electron chi connectivity index (χ0n) is 13.5. The second-order valence-electron chi connectivity index (χ2n) is 6.10. The second kappa shape index (κ2) is 7.77. The zero-order valence-corrected chi connectivity index (χ0v) is 14.3. The molecule has 3 atom stereocenters. The van der Waals surface area contributed by atoms with Gasteiger partial charge in [-0.3, -0.25) is 0 Å². The van der Waals surface area contributed by atoms with E-state index in [2.05, 4.69) is 17.6 Å². The van der Waals surface area contributed by atoms with Crippen molar-refractivity contribution in [3.05, 3.63) is 29.6 Å². The Balaban J connectivity index is 1.91. The smallest absolute Gasteiger partial charge is 0.166 e. The van der Waals surface area contributed by atoms with Crippen LogP contribution in [0.3, 0.4) is 0 Å². The summed E-state index contributed by atoms with van der Waals surface area (Å²) in [7, 11) is 1.46. The Morgan fingerprint density at radius 2 is 2.09 bits per heavy atom. The summed E-state index contributed by atoms with van der Waals surface area (Å²) in [5.74, 6) is 0.545. The van der Waals surface area contributed by atoms with Crippen molar-refractivity contribution in [1.82, 2.24) is 10.6 Å². The maximum absolute atomic E-state index is 13.8. The van der Waals surface area contributed by atoms with Crippen molar-refractivity contribution >= 4 is 17.3 Å². The summed E-state index contributed by atoms with van der Waals surface area (Å²) in [6.45, 7) is 4.24. The molecular formula is C17H25FN2OS. The van der Waals surface area contributed by atoms with Gasteiger partial charge in [0.1, 0.15) is 0 Å². The summed E-state index contributed by atoms with van der Waals surface area (Å²) < 4.78 is 18.7. The van der Waals surface area contributed by atoms with Crippen molar-refractivity contribution in [2.75, 3.05) is 7.11 Å². The Bertz CT molecular complexity index is 523. The average molecular weight is 324 g/mol. The molecule has 0 saturated heterocycles. The molecule has 3 nitrogen and oxygen atoms in total. The van der Waals surface area contributed by atoms with Gasteiger partial charge in [-0.2, -0.15) is 0 Å². The van der Waals surface area contributed by atoms with E-state index in [4.69, 9.17) is 17.0 Å². The van der Waals surface area contributed by atoms with Crippen LogP contribution in [0.5, 0.6) is 5.75 Å². The van der Waals surface area contributed by atoms with Crippen molar-refractivity contribution in [2.24, 2.45) is 5.92 Å². The van der Waals surface area contributed by atoms with Crippen LogP contribution < -0.4 is 15.4 Å². The highest BCUT2D eigenvalue weighted by Crippen LogP contribution is 2.24. The highest BCUT2D eigenvalue weighted by atomic mass is 32.1. The minimum absolute atomic E-state index is 0.0562. The predicted octanol–water partition coefficient (Wildman–Crippen LogP) is 3.94. The van der Waals surface area contributed by atoms with Gasteiger partial charge in [-0.15, -0.1) is 0 Å². The first-order valence-corrected chi connectivity index (χ1v) is 8.32. The molecule has 0 spiro atoms. The lowest BCUT2D eigenvalue weighted by atomic mass is 9.86. The zero-order chi connectivity index (χ0) is 16.1. The lowest BCUT2D eigenvalue weighted by Gasteiger charge is -2.31. The van der Waals surface area contributed by atoms with Crippen LogP contribution in [0, 0.1) is 11.7 Å². The number of rotatable bonds is 4. The lowest BCUT2D eigenvalue weighted by molar-refractivity contribution is 0.307. The largest absolute Gasteiger partial charge is 0.494 e. The molecule has 1 aromatic rings. The molecule has 5 heteroatoms. The number of thiocarbonyl (C=S) groups is 1. The van der Waals surface area contributed by atoms with Crippen LogP contribution in [0.1, 0.15) is 51.1 Å². The fourth-order valence-electron chi connectivity index (χ4n) is 2.97. The molecule has 0 heterocycles. The molecule has 0 radical (unpaired) electrons. The Labute approximate surface area is 137 Å². The number of methoxy groups -OCH3 is 1. The molecule has 1 aromatic carbocycles. The van der Waals surface area contributed by atoms with Gasteiger partial charge in [0.15, 0.2) is 16.7 Å². The fourth-order valence-corrected chi connectivity index (χ4v) is 3.30. The average Bonchev–Trinajstić information content (AvgIpc) is 2.49. The van der Waals surface area contributed by atoms with Gasteiger partial charge in [0, 0.05) is 6.04 Å². The number of benzene rings is 1. The Hall–Kier alpha value is -1.36. The van der Waals surface area contributed by atoms with E-state index in [1.807, 2.05) is 13.0 Å². The van der Waals surface area contributed by atoms with E-state index in [0.29, 0.717) is 17.1 Å². The van der Waals surface area contributed by atoms with Crippen LogP contribution in [0.4, 0.5) is 4.39 Å². The summed E-state index contributed by atoms with van der Waals surface area (Å²) in [6.07, 6.45) is 4.97. The van der Waals surface area contributed by atoms with Gasteiger partial charge in [0.25, 0.3) is 0 Å². The third kappa shape index (κ3) is 4.32. The molecule has 22 heavy (non-hydrogen) atoms. The molecule has 0 unspecified atom stereocenters. The number of nitrogens with one attached hydrogen (secondary N) is 2. The number of halogens is 1. The molecule has 0 amide bonds. The molecule has 2 rings (SSSR count). The van der Waals surface area contributed by atoms with Gasteiger partial charge in [0.05, 0.1) is 13.2 Å². The van der Waals surface area contributed by atoms with Gasteiger partial charge in [0.2, 0.25) is 0 Å². The fraction of sp³-hybridized carbons (Fsp3) is 0.588. The molecule has 1 fully saturated rings. The normalized spacial score (nSPS) is 22.7. The van der Waals surface area contributed by atoms with Crippen molar-refractivity contribution < 1.29 is 9.13 Å². The molecule has 1 aliphatic carbocycles. The monoisotopic (exact) mass is 324 g/mol. The van der Waals surface area contributed by atoms with E-state index in [0.717, 1.165) is 12.0 Å². The summed E-state index contributed by atoms with van der Waals surface area (Å²) >= 11 is 5.40. The molecule has 0 aliphatic heterocycles. The topological polar surface area (TPSA) is 33.3 Å². The van der Waals surface area contributed by atoms with Crippen LogP contribution >= 0.6 is 12.2 Å². The maximum atomic E-state index is 13.8. The summed E-state index contributed by atoms with van der Waals surface area (Å²) in [4.78, 5) is 0. The van der Waals surface area contributed by atoms with Crippen molar-refractivity contribution in [3.8, 4) is 5.75 Å². The standard InChI is InChI=1S/C17H25FN2OS/c1-11-6-4-5-7-15(11)20-17(22)19-12(2)13-8-9-16(21-3)14(18)10-13/h8-12,15H,4-7H2,1-3H3,(H2,19,20,22)/t11-,12-,15+/m0/s1. The molecule has 2 N–H and O–H groups in total. The molecular weight excluding hydrogens is 299 g/mol. The first-order chi connectivity index (χ1) is 10.5. The van der Waals surface area contributed by atoms with E-state index >= 15 is 0 Å². The van der Waals surface area contributed by atoms with E-state index in [9.17, 15) is 4.39 Å². The summed E-state index contributed by atoms with van der Waals surface area (Å²) in [6, 6.07) is 5.36. The van der Waals surface area contributed by atoms with Crippen LogP contribution in [0.2, 0.25) is 0 Å². The number of ether oxygens (including phenoxy) is 1. The van der Waals surface area contributed by atoms with Gasteiger partial charge in [-0.05, 0) is 55.6 Å². The predicted molar refractivity (Wildman–Crippen MR) is 91.7 cm³/mol. The lowest BCUT2D eigenvalue weighted by Crippen LogP contribution is -2.46. The molecule has 1 saturated carbocycles. The first-order valence-electron chi connectivity index (χ1n) is 7.91. The van der Waals surface area contributed by atoms with Crippen molar-refractivity contribution in [2.45, 2.75) is 51.6 Å². The van der Waals surface area contributed by atoms with Crippen LogP contribution in [-0.2, 0) is 0 Å². The van der Waals surface area contributed by atoms with Gasteiger partial charge < -0.3 is 15.4 Å². The Morgan fingerprint density at radius 3 is 2.73 bits per heavy atom. The molecule has 1 aliphatic rings. The highest BCUT2D eigenvalue weighted by Gasteiger charge is 2.22. The van der Waals surface area contributed by atoms with E-state index < -0.39 is 0 Å². The SMILES string of the molecule is COc1ccc([C@H](C)NC(=S)N[C@@H]2CCCC[C@@H]2C)cc1F. The van der Waals surface area contributed by atoms with E-state index in [1.165, 1.54) is 32.4 Å². The van der Waals surface area contributed by atoms with Crippen LogP contribution in [0.15, 0.2) is 18.2 Å². The third-order valence-corrected chi connectivity index (χ3v) is 4.69. The van der Waals surface area contributed by atoms with Gasteiger partial charge in [-0.25, -0.2) is 4.39 Å². The quantitative estimate of drug-likeness (QED) is 0.822. The Morgan fingerprint density at radius 1 is 1.36 bits per heavy atom. The minimum atomic E-state index is -0.353. The Kier molecular flexibility index (Phi) is 6.00. The number of hydrogen-bond acceptors (Lipinski definition) is 2. The van der Waals surface area contributed by atoms with Gasteiger partial charge in [-0.1, -0.05) is 25.8 Å². The third-order valence-electron chi connectivity index (χ3n) is 4.45. The van der Waals surface area contributed by atoms with Crippen molar-refractivity contribution in [1.29, 1.82) is 0 Å². The summed E-state index contributed by atoms with van der Waals surface area (Å²) in [5.41, 5.74) is 0.846. The minimum Gasteiger partial charge on any atom is -0.494 e. The van der Waals surface area contributed by atoms with Gasteiger partial charge >= 0.3 is 0 Å². The maximum Gasteiger partial charge on any atom is 0.166 e. The van der Waals surface area contributed by atoms with Crippen molar-refractivity contribution in [3.63, 3.8) is 0 Å². The van der Waals surface area contributed by atoms with Crippen LogP contribution in [-0.4, -0.2) is 18.3 Å². The molecule has 122 valence electrons. The second-order valence-corrected chi connectivity index (χ2v) is 6.51. The highest BCUT2D eigenvalue weighted by molar-refractivity contribution is 7.80. The van der Waals surface area contributed by atoms with E-state index in [-0.39, 0.29) is 17.6 Å².